The number of fused-ring (bicyclic) bond motifs is 3. The number of phenolic OH excluding ortho intramolecular Hbond substituents is 2. The van der Waals surface area contributed by atoms with Gasteiger partial charge in [0.2, 0.25) is 5.78 Å². The van der Waals surface area contributed by atoms with Gasteiger partial charge >= 0.3 is 0 Å². The van der Waals surface area contributed by atoms with Crippen LogP contribution in [-0.2, 0) is 12.8 Å². The third-order valence-corrected chi connectivity index (χ3v) is 5.81. The van der Waals surface area contributed by atoms with Crippen LogP contribution in [0.15, 0.2) is 18.2 Å². The second-order valence-corrected chi connectivity index (χ2v) is 7.29. The van der Waals surface area contributed by atoms with Gasteiger partial charge in [0.25, 0.3) is 0 Å². The van der Waals surface area contributed by atoms with Crippen LogP contribution in [0.4, 0.5) is 0 Å². The van der Waals surface area contributed by atoms with Crippen LogP contribution in [-0.4, -0.2) is 57.0 Å². The van der Waals surface area contributed by atoms with Gasteiger partial charge < -0.3 is 30.6 Å². The van der Waals surface area contributed by atoms with Gasteiger partial charge in [-0.1, -0.05) is 12.1 Å². The fourth-order valence-electron chi connectivity index (χ4n) is 4.23. The van der Waals surface area contributed by atoms with Gasteiger partial charge in [0.1, 0.15) is 22.8 Å². The number of aliphatic hydroxyl groups excluding tert-OH is 1. The molecule has 8 nitrogen and oxygen atoms in total. The number of aliphatic hydroxyl groups is 2. The lowest BCUT2D eigenvalue weighted by atomic mass is 9.73. The summed E-state index contributed by atoms with van der Waals surface area (Å²) in [5.41, 5.74) is -2.23. The number of ketones is 2. The van der Waals surface area contributed by atoms with E-state index >= 15 is 0 Å². The van der Waals surface area contributed by atoms with E-state index in [0.717, 1.165) is 0 Å². The number of phenols is 2. The molecular weight excluding hydrogens is 378 g/mol. The Morgan fingerprint density at radius 1 is 1.10 bits per heavy atom. The number of hydrogen-bond acceptors (Lipinski definition) is 8. The van der Waals surface area contributed by atoms with E-state index in [1.54, 1.807) is 6.07 Å². The third-order valence-electron chi connectivity index (χ3n) is 5.81. The predicted octanol–water partition coefficient (Wildman–Crippen LogP) is 1.11. The maximum atomic E-state index is 13.2. The number of benzene rings is 2. The monoisotopic (exact) mass is 397 g/mol. The summed E-state index contributed by atoms with van der Waals surface area (Å²) < 4.78 is 5.20. The number of hydrogen-bond donors (Lipinski definition) is 5. The Bertz CT molecular complexity index is 1100. The molecule has 0 unspecified atom stereocenters. The van der Waals surface area contributed by atoms with Crippen molar-refractivity contribution in [3.05, 3.63) is 51.6 Å². The minimum absolute atomic E-state index is 0.0211. The Morgan fingerprint density at radius 3 is 2.41 bits per heavy atom. The highest BCUT2D eigenvalue weighted by atomic mass is 16.5. The molecule has 0 heterocycles. The van der Waals surface area contributed by atoms with Crippen LogP contribution in [0.25, 0.3) is 0 Å². The molecule has 2 aromatic carbocycles. The molecule has 1 atom stereocenters. The molecule has 0 saturated heterocycles. The van der Waals surface area contributed by atoms with Gasteiger partial charge in [0.15, 0.2) is 5.78 Å². The number of methoxy groups -OCH3 is 1. The molecule has 2 aliphatic rings. The maximum Gasteiger partial charge on any atom is 0.202 e. The Hall–Kier alpha value is -3.23. The normalized spacial score (nSPS) is 20.0. The summed E-state index contributed by atoms with van der Waals surface area (Å²) in [7, 11) is 1.37. The summed E-state index contributed by atoms with van der Waals surface area (Å²) in [6.07, 6.45) is -0.185. The summed E-state index contributed by atoms with van der Waals surface area (Å²) in [6, 6.07) is 4.52. The van der Waals surface area contributed by atoms with Crippen LogP contribution in [0.1, 0.15) is 49.4 Å². The van der Waals surface area contributed by atoms with E-state index in [2.05, 4.69) is 0 Å². The van der Waals surface area contributed by atoms with Crippen molar-refractivity contribution in [1.82, 2.24) is 0 Å². The van der Waals surface area contributed by atoms with E-state index in [9.17, 15) is 30.0 Å². The van der Waals surface area contributed by atoms with E-state index in [-0.39, 0.29) is 64.1 Å². The van der Waals surface area contributed by atoms with Crippen LogP contribution < -0.4 is 4.74 Å². The first-order valence-electron chi connectivity index (χ1n) is 9.02. The molecule has 0 amide bonds. The second-order valence-electron chi connectivity index (χ2n) is 7.29. The lowest BCUT2D eigenvalue weighted by Gasteiger charge is -2.35. The van der Waals surface area contributed by atoms with Gasteiger partial charge in [-0.25, -0.2) is 0 Å². The molecule has 5 N–H and O–H groups in total. The van der Waals surface area contributed by atoms with Gasteiger partial charge in [-0.3, -0.25) is 9.59 Å². The predicted molar refractivity (Wildman–Crippen MR) is 101 cm³/mol. The van der Waals surface area contributed by atoms with Gasteiger partial charge in [0, 0.05) is 23.1 Å². The molecule has 0 aromatic heterocycles. The first-order valence-corrected chi connectivity index (χ1v) is 9.02. The van der Waals surface area contributed by atoms with E-state index in [1.807, 2.05) is 0 Å². The van der Waals surface area contributed by atoms with Gasteiger partial charge in [-0.15, -0.1) is 0 Å². The zero-order chi connectivity index (χ0) is 21.1. The van der Waals surface area contributed by atoms with Crippen molar-refractivity contribution in [3.63, 3.8) is 0 Å². The summed E-state index contributed by atoms with van der Waals surface area (Å²) >= 11 is 0. The molecule has 150 valence electrons. The smallest absolute Gasteiger partial charge is 0.202 e. The van der Waals surface area contributed by atoms with Crippen molar-refractivity contribution in [1.29, 1.82) is 5.41 Å². The number of aromatic hydroxyl groups is 2. The third kappa shape index (κ3) is 2.49. The van der Waals surface area contributed by atoms with Crippen LogP contribution in [0.2, 0.25) is 0 Å². The highest BCUT2D eigenvalue weighted by Gasteiger charge is 2.44. The number of rotatable bonds is 3. The summed E-state index contributed by atoms with van der Waals surface area (Å²) in [5, 5.41) is 49.5. The molecular formula is C21H19NO7. The minimum atomic E-state index is -1.71. The molecule has 0 spiro atoms. The lowest BCUT2D eigenvalue weighted by Crippen LogP contribution is -2.45. The average Bonchev–Trinajstić information content (AvgIpc) is 2.73. The molecule has 0 bridgehead atoms. The number of carbonyl (C=O) groups is 2. The van der Waals surface area contributed by atoms with E-state index in [0.29, 0.717) is 0 Å². The van der Waals surface area contributed by atoms with Crippen molar-refractivity contribution < 1.29 is 34.8 Å². The largest absolute Gasteiger partial charge is 0.507 e. The van der Waals surface area contributed by atoms with Crippen molar-refractivity contribution in [3.8, 4) is 17.2 Å². The minimum Gasteiger partial charge on any atom is -0.507 e. The zero-order valence-corrected chi connectivity index (χ0v) is 15.6. The van der Waals surface area contributed by atoms with Crippen LogP contribution >= 0.6 is 0 Å². The summed E-state index contributed by atoms with van der Waals surface area (Å²) in [6.45, 7) is -0.659. The molecule has 0 radical (unpaired) electrons. The second kappa shape index (κ2) is 6.40. The van der Waals surface area contributed by atoms with E-state index < -0.39 is 35.3 Å². The molecule has 2 aliphatic carbocycles. The lowest BCUT2D eigenvalue weighted by molar-refractivity contribution is 0.0872. The molecule has 8 heteroatoms. The fourth-order valence-corrected chi connectivity index (χ4v) is 4.23. The first-order chi connectivity index (χ1) is 13.7. The summed E-state index contributed by atoms with van der Waals surface area (Å²) in [4.78, 5) is 26.3. The molecule has 2 aromatic rings. The fraction of sp³-hybridized carbons (Fsp3) is 0.286. The summed E-state index contributed by atoms with van der Waals surface area (Å²) in [5.74, 6) is -2.00. The van der Waals surface area contributed by atoms with Crippen molar-refractivity contribution in [2.24, 2.45) is 0 Å². The number of carbonyl (C=O) groups excluding carboxylic acids is 2. The number of nitrogens with one attached hydrogen (secondary N) is 1. The first kappa shape index (κ1) is 19.1. The van der Waals surface area contributed by atoms with Crippen LogP contribution in [0.5, 0.6) is 17.2 Å². The van der Waals surface area contributed by atoms with E-state index in [4.69, 9.17) is 10.1 Å². The topological polar surface area (TPSA) is 148 Å². The molecule has 4 rings (SSSR count). The van der Waals surface area contributed by atoms with Crippen molar-refractivity contribution >= 4 is 17.3 Å². The highest BCUT2D eigenvalue weighted by Crippen LogP contribution is 2.48. The molecule has 29 heavy (non-hydrogen) atoms. The van der Waals surface area contributed by atoms with Gasteiger partial charge in [0.05, 0.1) is 36.1 Å². The van der Waals surface area contributed by atoms with Crippen molar-refractivity contribution in [2.75, 3.05) is 13.7 Å². The van der Waals surface area contributed by atoms with Crippen LogP contribution in [0, 0.1) is 5.41 Å². The average molecular weight is 397 g/mol. The maximum absolute atomic E-state index is 13.2. The Labute approximate surface area is 165 Å². The van der Waals surface area contributed by atoms with Crippen LogP contribution in [0.3, 0.4) is 0 Å². The Morgan fingerprint density at radius 2 is 1.76 bits per heavy atom. The van der Waals surface area contributed by atoms with E-state index in [1.165, 1.54) is 19.2 Å². The standard InChI is InChI=1S/C21H19NO7/c1-29-12-4-2-3-10-14(12)20(27)16-15(18(10)25)19(26)11-7-21(28,13(22)8-23)6-5-9(11)17(16)24/h2-4,22-24,26,28H,5-8H2,1H3/t21-/m1/s1. The number of ether oxygens (including phenoxy) is 1. The Kier molecular flexibility index (Phi) is 4.21. The molecule has 0 saturated carbocycles. The molecule has 0 aliphatic heterocycles. The van der Waals surface area contributed by atoms with Crippen molar-refractivity contribution in [2.45, 2.75) is 24.9 Å². The quantitative estimate of drug-likeness (QED) is 0.328. The zero-order valence-electron chi connectivity index (χ0n) is 15.6. The SMILES string of the molecule is COc1cccc2c1C(=O)c1c(O)c3c(c(O)c1C2=O)C[C@@](O)(C(=N)CO)CC3. The van der Waals surface area contributed by atoms with Gasteiger partial charge in [-0.05, 0) is 18.9 Å². The Balaban J connectivity index is 1.97. The molecule has 0 fully saturated rings. The highest BCUT2D eigenvalue weighted by molar-refractivity contribution is 6.31. The van der Waals surface area contributed by atoms with Gasteiger partial charge in [-0.2, -0.15) is 0 Å².